The van der Waals surface area contributed by atoms with E-state index in [9.17, 15) is 13.2 Å². The van der Waals surface area contributed by atoms with Crippen molar-refractivity contribution in [2.75, 3.05) is 20.1 Å². The highest BCUT2D eigenvalue weighted by molar-refractivity contribution is 9.10. The van der Waals surface area contributed by atoms with Gasteiger partial charge in [-0.2, -0.15) is 13.2 Å². The molecule has 5 heteroatoms. The summed E-state index contributed by atoms with van der Waals surface area (Å²) in [7, 11) is 1.48. The molecular formula is C11H13BrF3N. The molecule has 0 amide bonds. The van der Waals surface area contributed by atoms with E-state index in [1.807, 2.05) is 24.3 Å². The number of alkyl halides is 3. The molecule has 0 bridgehead atoms. The van der Waals surface area contributed by atoms with Gasteiger partial charge < -0.3 is 0 Å². The molecule has 1 aromatic rings. The molecule has 0 aliphatic heterocycles. The highest BCUT2D eigenvalue weighted by Crippen LogP contribution is 2.16. The first-order valence-corrected chi connectivity index (χ1v) is 5.66. The van der Waals surface area contributed by atoms with Crippen LogP contribution in [0.5, 0.6) is 0 Å². The fourth-order valence-corrected chi connectivity index (χ4v) is 1.62. The first-order chi connectivity index (χ1) is 7.37. The summed E-state index contributed by atoms with van der Waals surface area (Å²) in [6.45, 7) is -0.454. The van der Waals surface area contributed by atoms with Crippen molar-refractivity contribution in [3.8, 4) is 0 Å². The van der Waals surface area contributed by atoms with Crippen molar-refractivity contribution in [1.82, 2.24) is 4.90 Å². The maximum Gasteiger partial charge on any atom is 0.401 e. The van der Waals surface area contributed by atoms with Crippen LogP contribution in [-0.2, 0) is 6.42 Å². The summed E-state index contributed by atoms with van der Waals surface area (Å²) in [5.41, 5.74) is 1.04. The van der Waals surface area contributed by atoms with Crippen LogP contribution in [-0.4, -0.2) is 31.2 Å². The minimum Gasteiger partial charge on any atom is -0.298 e. The summed E-state index contributed by atoms with van der Waals surface area (Å²) in [5.74, 6) is 0. The predicted molar refractivity (Wildman–Crippen MR) is 61.4 cm³/mol. The van der Waals surface area contributed by atoms with Crippen LogP contribution in [0.3, 0.4) is 0 Å². The Bertz CT molecular complexity index is 321. The van der Waals surface area contributed by atoms with Crippen LogP contribution in [0.1, 0.15) is 5.56 Å². The second-order valence-electron chi connectivity index (χ2n) is 3.73. The van der Waals surface area contributed by atoms with E-state index in [1.165, 1.54) is 11.9 Å². The van der Waals surface area contributed by atoms with Crippen molar-refractivity contribution in [2.45, 2.75) is 12.6 Å². The third-order valence-electron chi connectivity index (χ3n) is 2.14. The average molecular weight is 296 g/mol. The van der Waals surface area contributed by atoms with E-state index >= 15 is 0 Å². The molecule has 0 aliphatic rings. The van der Waals surface area contributed by atoms with Gasteiger partial charge in [0.25, 0.3) is 0 Å². The molecule has 0 N–H and O–H groups in total. The fraction of sp³-hybridized carbons (Fsp3) is 0.455. The summed E-state index contributed by atoms with van der Waals surface area (Å²) < 4.78 is 37.1. The van der Waals surface area contributed by atoms with Gasteiger partial charge in [0.15, 0.2) is 0 Å². The Morgan fingerprint density at radius 3 is 2.25 bits per heavy atom. The molecule has 1 nitrogen and oxygen atoms in total. The van der Waals surface area contributed by atoms with Gasteiger partial charge in [0.05, 0.1) is 6.54 Å². The van der Waals surface area contributed by atoms with Crippen LogP contribution in [0.2, 0.25) is 0 Å². The molecule has 0 aromatic heterocycles. The van der Waals surface area contributed by atoms with Crippen LogP contribution >= 0.6 is 15.9 Å². The number of rotatable bonds is 4. The standard InChI is InChI=1S/C11H13BrF3N/c1-16(8-11(13,14)15)7-6-9-2-4-10(12)5-3-9/h2-5H,6-8H2,1H3. The smallest absolute Gasteiger partial charge is 0.298 e. The average Bonchev–Trinajstić information content (AvgIpc) is 2.14. The number of likely N-dealkylation sites (N-methyl/N-ethyl adjacent to an activating group) is 1. The van der Waals surface area contributed by atoms with Crippen LogP contribution in [0, 0.1) is 0 Å². The van der Waals surface area contributed by atoms with Gasteiger partial charge in [-0.15, -0.1) is 0 Å². The first-order valence-electron chi connectivity index (χ1n) is 4.86. The second-order valence-corrected chi connectivity index (χ2v) is 4.65. The lowest BCUT2D eigenvalue weighted by Crippen LogP contribution is -2.32. The minimum absolute atomic E-state index is 0.404. The molecule has 0 atom stereocenters. The third-order valence-corrected chi connectivity index (χ3v) is 2.67. The zero-order chi connectivity index (χ0) is 12.2. The van der Waals surface area contributed by atoms with Crippen molar-refractivity contribution >= 4 is 15.9 Å². The first kappa shape index (κ1) is 13.5. The summed E-state index contributed by atoms with van der Waals surface area (Å²) in [5, 5.41) is 0. The van der Waals surface area contributed by atoms with Gasteiger partial charge in [0.1, 0.15) is 0 Å². The Kier molecular flexibility index (Phi) is 4.80. The summed E-state index contributed by atoms with van der Waals surface area (Å²) in [6.07, 6.45) is -3.49. The van der Waals surface area contributed by atoms with E-state index in [4.69, 9.17) is 0 Å². The van der Waals surface area contributed by atoms with E-state index in [-0.39, 0.29) is 0 Å². The molecule has 90 valence electrons. The van der Waals surface area contributed by atoms with Gasteiger partial charge >= 0.3 is 6.18 Å². The molecule has 0 aliphatic carbocycles. The van der Waals surface area contributed by atoms with Crippen molar-refractivity contribution in [1.29, 1.82) is 0 Å². The molecule has 0 unspecified atom stereocenters. The maximum absolute atomic E-state index is 12.0. The lowest BCUT2D eigenvalue weighted by Gasteiger charge is -2.18. The van der Waals surface area contributed by atoms with Gasteiger partial charge in [0, 0.05) is 11.0 Å². The van der Waals surface area contributed by atoms with E-state index in [0.29, 0.717) is 13.0 Å². The van der Waals surface area contributed by atoms with Crippen molar-refractivity contribution in [3.05, 3.63) is 34.3 Å². The molecule has 0 radical (unpaired) electrons. The molecule has 0 saturated heterocycles. The normalized spacial score (nSPS) is 12.1. The number of benzene rings is 1. The molecule has 0 heterocycles. The van der Waals surface area contributed by atoms with Gasteiger partial charge in [-0.1, -0.05) is 28.1 Å². The Labute approximate surface area is 101 Å². The van der Waals surface area contributed by atoms with E-state index in [1.54, 1.807) is 0 Å². The lowest BCUT2D eigenvalue weighted by atomic mass is 10.1. The van der Waals surface area contributed by atoms with Gasteiger partial charge in [-0.25, -0.2) is 0 Å². The third kappa shape index (κ3) is 5.51. The number of halogens is 4. The van der Waals surface area contributed by atoms with E-state index in [2.05, 4.69) is 15.9 Å². The molecule has 0 saturated carbocycles. The molecule has 0 fully saturated rings. The van der Waals surface area contributed by atoms with E-state index in [0.717, 1.165) is 10.0 Å². The summed E-state index contributed by atoms with van der Waals surface area (Å²) in [4.78, 5) is 1.28. The van der Waals surface area contributed by atoms with Crippen molar-refractivity contribution < 1.29 is 13.2 Å². The lowest BCUT2D eigenvalue weighted by molar-refractivity contribution is -0.142. The molecule has 0 spiro atoms. The summed E-state index contributed by atoms with van der Waals surface area (Å²) >= 11 is 3.31. The van der Waals surface area contributed by atoms with Crippen LogP contribution in [0.4, 0.5) is 13.2 Å². The SMILES string of the molecule is CN(CCc1ccc(Br)cc1)CC(F)(F)F. The predicted octanol–water partition coefficient (Wildman–Crippen LogP) is 3.49. The fourth-order valence-electron chi connectivity index (χ4n) is 1.36. The van der Waals surface area contributed by atoms with Crippen molar-refractivity contribution in [3.63, 3.8) is 0 Å². The Hall–Kier alpha value is -0.550. The quantitative estimate of drug-likeness (QED) is 0.822. The Morgan fingerprint density at radius 1 is 1.19 bits per heavy atom. The maximum atomic E-state index is 12.0. The monoisotopic (exact) mass is 295 g/mol. The highest BCUT2D eigenvalue weighted by atomic mass is 79.9. The zero-order valence-corrected chi connectivity index (χ0v) is 10.5. The molecule has 1 rings (SSSR count). The van der Waals surface area contributed by atoms with Crippen LogP contribution in [0.15, 0.2) is 28.7 Å². The van der Waals surface area contributed by atoms with E-state index < -0.39 is 12.7 Å². The molecule has 16 heavy (non-hydrogen) atoms. The number of nitrogens with zero attached hydrogens (tertiary/aromatic N) is 1. The van der Waals surface area contributed by atoms with Crippen LogP contribution in [0.25, 0.3) is 0 Å². The Morgan fingerprint density at radius 2 is 1.75 bits per heavy atom. The van der Waals surface area contributed by atoms with Crippen LogP contribution < -0.4 is 0 Å². The van der Waals surface area contributed by atoms with Gasteiger partial charge in [-0.3, -0.25) is 4.90 Å². The molecule has 1 aromatic carbocycles. The number of hydrogen-bond donors (Lipinski definition) is 0. The topological polar surface area (TPSA) is 3.24 Å². The van der Waals surface area contributed by atoms with Gasteiger partial charge in [-0.05, 0) is 31.2 Å². The largest absolute Gasteiger partial charge is 0.401 e. The highest BCUT2D eigenvalue weighted by Gasteiger charge is 2.28. The second kappa shape index (κ2) is 5.68. The van der Waals surface area contributed by atoms with Gasteiger partial charge in [0.2, 0.25) is 0 Å². The molecular weight excluding hydrogens is 283 g/mol. The summed E-state index contributed by atoms with van der Waals surface area (Å²) in [6, 6.07) is 7.59. The number of hydrogen-bond acceptors (Lipinski definition) is 1. The van der Waals surface area contributed by atoms with Crippen molar-refractivity contribution in [2.24, 2.45) is 0 Å². The minimum atomic E-state index is -4.12. The zero-order valence-electron chi connectivity index (χ0n) is 8.89. The Balaban J connectivity index is 2.37.